The van der Waals surface area contributed by atoms with Gasteiger partial charge in [0.25, 0.3) is 0 Å². The van der Waals surface area contributed by atoms with Crippen LogP contribution in [0.3, 0.4) is 0 Å². The van der Waals surface area contributed by atoms with Crippen LogP contribution in [0.2, 0.25) is 0 Å². The Morgan fingerprint density at radius 2 is 1.88 bits per heavy atom. The van der Waals surface area contributed by atoms with Crippen LogP contribution in [-0.2, 0) is 0 Å². The summed E-state index contributed by atoms with van der Waals surface area (Å²) in [4.78, 5) is 24.4. The van der Waals surface area contributed by atoms with Gasteiger partial charge in [0.15, 0.2) is 5.69 Å². The van der Waals surface area contributed by atoms with Crippen LogP contribution in [0, 0.1) is 5.82 Å². The fourth-order valence-corrected chi connectivity index (χ4v) is 2.47. The van der Waals surface area contributed by atoms with Gasteiger partial charge in [-0.1, -0.05) is 18.2 Å². The van der Waals surface area contributed by atoms with Crippen molar-refractivity contribution in [1.29, 1.82) is 0 Å². The van der Waals surface area contributed by atoms with Gasteiger partial charge in [0.05, 0.1) is 5.69 Å². The molecule has 25 heavy (non-hydrogen) atoms. The summed E-state index contributed by atoms with van der Waals surface area (Å²) in [6, 6.07) is 11.8. The maximum atomic E-state index is 13.2. The van der Waals surface area contributed by atoms with Gasteiger partial charge in [-0.25, -0.2) is 14.0 Å². The smallest absolute Gasteiger partial charge is 0.362 e. The Hall–Kier alpha value is -3.35. The lowest BCUT2D eigenvalue weighted by atomic mass is 10.2. The molecule has 0 unspecified atom stereocenters. The number of urea groups is 1. The van der Waals surface area contributed by atoms with Crippen molar-refractivity contribution >= 4 is 34.1 Å². The molecular weight excluding hydrogens is 325 g/mol. The summed E-state index contributed by atoms with van der Waals surface area (Å²) in [5, 5.41) is 8.71. The first-order chi connectivity index (χ1) is 12.1. The van der Waals surface area contributed by atoms with Crippen LogP contribution in [0.5, 0.6) is 0 Å². The number of hydrogen-bond acceptors (Lipinski definition) is 4. The molecule has 0 aliphatic carbocycles. The minimum absolute atomic E-state index is 0.00514. The highest BCUT2D eigenvalue weighted by molar-refractivity contribution is 6.05. The summed E-state index contributed by atoms with van der Waals surface area (Å²) in [6.07, 6.45) is 0. The first kappa shape index (κ1) is 16.5. The number of carbonyl (C=O) groups excluding carboxylic acids is 1. The molecule has 3 rings (SSSR count). The molecule has 0 atom stereocenters. The van der Waals surface area contributed by atoms with E-state index >= 15 is 0 Å². The zero-order chi connectivity index (χ0) is 17.8. The van der Waals surface area contributed by atoms with E-state index in [0.717, 1.165) is 0 Å². The largest absolute Gasteiger partial charge is 0.421 e. The van der Waals surface area contributed by atoms with Crippen molar-refractivity contribution in [2.75, 3.05) is 22.5 Å². The Labute approximate surface area is 142 Å². The molecule has 3 N–H and O–H groups in total. The first-order valence-electron chi connectivity index (χ1n) is 7.71. The van der Waals surface area contributed by atoms with Crippen molar-refractivity contribution in [3.05, 3.63) is 64.8 Å². The molecule has 1 aromatic heterocycles. The molecule has 0 fully saturated rings. The molecule has 0 saturated carbocycles. The predicted octanol–water partition coefficient (Wildman–Crippen LogP) is 4.01. The summed E-state index contributed by atoms with van der Waals surface area (Å²) < 4.78 is 18.5. The molecule has 7 heteroatoms. The Morgan fingerprint density at radius 1 is 1.08 bits per heavy atom. The molecule has 0 aliphatic rings. The third kappa shape index (κ3) is 3.60. The third-order valence-electron chi connectivity index (χ3n) is 3.49. The minimum atomic E-state index is -0.677. The SMILES string of the molecule is CCNc1c(NC(=O)Nc2cccc(F)c2)c(=O)oc2ccccc12. The van der Waals surface area contributed by atoms with Gasteiger partial charge in [-0.2, -0.15) is 0 Å². The van der Waals surface area contributed by atoms with Crippen LogP contribution in [0.4, 0.5) is 26.2 Å². The highest BCUT2D eigenvalue weighted by atomic mass is 19.1. The quantitative estimate of drug-likeness (QED) is 0.626. The zero-order valence-corrected chi connectivity index (χ0v) is 13.4. The number of amides is 2. The van der Waals surface area contributed by atoms with Gasteiger partial charge in [-0.15, -0.1) is 0 Å². The third-order valence-corrected chi connectivity index (χ3v) is 3.49. The molecule has 1 heterocycles. The second-order valence-corrected chi connectivity index (χ2v) is 5.26. The van der Waals surface area contributed by atoms with Crippen LogP contribution < -0.4 is 21.6 Å². The summed E-state index contributed by atoms with van der Waals surface area (Å²) in [6.45, 7) is 2.42. The van der Waals surface area contributed by atoms with Crippen LogP contribution in [0.25, 0.3) is 11.0 Å². The highest BCUT2D eigenvalue weighted by Gasteiger charge is 2.16. The van der Waals surface area contributed by atoms with Gasteiger partial charge in [0.2, 0.25) is 0 Å². The monoisotopic (exact) mass is 341 g/mol. The Bertz CT molecular complexity index is 985. The molecule has 2 amide bonds. The number of halogens is 1. The summed E-state index contributed by atoms with van der Waals surface area (Å²) in [5.74, 6) is -0.476. The van der Waals surface area contributed by atoms with Crippen molar-refractivity contribution < 1.29 is 13.6 Å². The fraction of sp³-hybridized carbons (Fsp3) is 0.111. The standard InChI is InChI=1S/C18H16FN3O3/c1-2-20-15-13-8-3-4-9-14(13)25-17(23)16(15)22-18(24)21-12-7-5-6-11(19)10-12/h3-10,20H,2H2,1H3,(H2,21,22,24). The Kier molecular flexibility index (Phi) is 4.65. The molecule has 0 bridgehead atoms. The highest BCUT2D eigenvalue weighted by Crippen LogP contribution is 2.28. The summed E-state index contributed by atoms with van der Waals surface area (Å²) >= 11 is 0. The summed E-state index contributed by atoms with van der Waals surface area (Å²) in [5.41, 5.74) is 0.481. The number of rotatable bonds is 4. The van der Waals surface area contributed by atoms with Crippen molar-refractivity contribution in [3.63, 3.8) is 0 Å². The lowest BCUT2D eigenvalue weighted by molar-refractivity contribution is 0.262. The van der Waals surface area contributed by atoms with Crippen molar-refractivity contribution in [2.45, 2.75) is 6.92 Å². The van der Waals surface area contributed by atoms with Crippen molar-refractivity contribution in [1.82, 2.24) is 0 Å². The fourth-order valence-electron chi connectivity index (χ4n) is 2.47. The summed E-state index contributed by atoms with van der Waals surface area (Å²) in [7, 11) is 0. The zero-order valence-electron chi connectivity index (χ0n) is 13.4. The van der Waals surface area contributed by atoms with E-state index in [1.54, 1.807) is 24.3 Å². The Morgan fingerprint density at radius 3 is 2.64 bits per heavy atom. The number of nitrogens with one attached hydrogen (secondary N) is 3. The molecular formula is C18H16FN3O3. The average Bonchev–Trinajstić information content (AvgIpc) is 2.58. The van der Waals surface area contributed by atoms with Crippen molar-refractivity contribution in [2.24, 2.45) is 0 Å². The van der Waals surface area contributed by atoms with E-state index in [9.17, 15) is 14.0 Å². The molecule has 3 aromatic rings. The molecule has 128 valence electrons. The lowest BCUT2D eigenvalue weighted by Crippen LogP contribution is -2.24. The molecule has 2 aromatic carbocycles. The maximum Gasteiger partial charge on any atom is 0.362 e. The van der Waals surface area contributed by atoms with E-state index in [1.807, 2.05) is 6.92 Å². The number of para-hydroxylation sites is 1. The predicted molar refractivity (Wildman–Crippen MR) is 95.7 cm³/mol. The number of benzene rings is 2. The van der Waals surface area contributed by atoms with Gasteiger partial charge in [0.1, 0.15) is 11.4 Å². The molecule has 0 radical (unpaired) electrons. The van der Waals surface area contributed by atoms with E-state index in [0.29, 0.717) is 23.2 Å². The second kappa shape index (κ2) is 7.04. The van der Waals surface area contributed by atoms with Gasteiger partial charge < -0.3 is 15.1 Å². The van der Waals surface area contributed by atoms with Gasteiger partial charge >= 0.3 is 11.7 Å². The van der Waals surface area contributed by atoms with E-state index < -0.39 is 17.5 Å². The second-order valence-electron chi connectivity index (χ2n) is 5.26. The van der Waals surface area contributed by atoms with Crippen molar-refractivity contribution in [3.8, 4) is 0 Å². The molecule has 6 nitrogen and oxygen atoms in total. The van der Waals surface area contributed by atoms with Gasteiger partial charge in [-0.05, 0) is 37.3 Å². The van der Waals surface area contributed by atoms with E-state index in [4.69, 9.17) is 4.42 Å². The van der Waals surface area contributed by atoms with E-state index in [-0.39, 0.29) is 11.4 Å². The molecule has 0 saturated heterocycles. The first-order valence-corrected chi connectivity index (χ1v) is 7.71. The molecule has 0 spiro atoms. The lowest BCUT2D eigenvalue weighted by Gasteiger charge is -2.13. The van der Waals surface area contributed by atoms with E-state index in [2.05, 4.69) is 16.0 Å². The maximum absolute atomic E-state index is 13.2. The number of carbonyl (C=O) groups is 1. The number of anilines is 3. The Balaban J connectivity index is 1.94. The average molecular weight is 341 g/mol. The minimum Gasteiger partial charge on any atom is -0.421 e. The normalized spacial score (nSPS) is 10.5. The van der Waals surface area contributed by atoms with Gasteiger partial charge in [0, 0.05) is 17.6 Å². The van der Waals surface area contributed by atoms with Crippen LogP contribution >= 0.6 is 0 Å². The molecule has 0 aliphatic heterocycles. The topological polar surface area (TPSA) is 83.4 Å². The van der Waals surface area contributed by atoms with Crippen LogP contribution in [-0.4, -0.2) is 12.6 Å². The van der Waals surface area contributed by atoms with E-state index in [1.165, 1.54) is 24.3 Å². The van der Waals surface area contributed by atoms with Crippen LogP contribution in [0.15, 0.2) is 57.7 Å². The van der Waals surface area contributed by atoms with Crippen LogP contribution in [0.1, 0.15) is 6.92 Å². The number of hydrogen-bond donors (Lipinski definition) is 3. The number of fused-ring (bicyclic) bond motifs is 1. The van der Waals surface area contributed by atoms with Gasteiger partial charge in [-0.3, -0.25) is 5.32 Å².